The zero-order chi connectivity index (χ0) is 21.8. The third-order valence-electron chi connectivity index (χ3n) is 4.90. The van der Waals surface area contributed by atoms with Crippen molar-refractivity contribution in [3.8, 4) is 0 Å². The van der Waals surface area contributed by atoms with Crippen LogP contribution in [0, 0.1) is 5.92 Å². The Labute approximate surface area is 166 Å². The molecular weight excluding hydrogens is 388 g/mol. The number of amides is 1. The lowest BCUT2D eigenvalue weighted by Crippen LogP contribution is -2.65. The molecule has 2 rings (SSSR count). The van der Waals surface area contributed by atoms with Gasteiger partial charge in [-0.1, -0.05) is 13.8 Å². The number of rotatable bonds is 10. The average molecular weight is 416 g/mol. The maximum atomic E-state index is 12.8. The first-order valence-electron chi connectivity index (χ1n) is 9.19. The summed E-state index contributed by atoms with van der Waals surface area (Å²) in [6.07, 6.45) is -1.46. The monoisotopic (exact) mass is 416 g/mol. The summed E-state index contributed by atoms with van der Waals surface area (Å²) in [6.45, 7) is 1.95. The van der Waals surface area contributed by atoms with E-state index in [9.17, 15) is 35.1 Å². The molecule has 1 aliphatic heterocycles. The van der Waals surface area contributed by atoms with Crippen LogP contribution in [-0.2, 0) is 20.7 Å². The van der Waals surface area contributed by atoms with Gasteiger partial charge in [-0.2, -0.15) is 0 Å². The minimum Gasteiger partial charge on any atom is -0.480 e. The van der Waals surface area contributed by atoms with Crippen LogP contribution in [0.25, 0.3) is 0 Å². The SMILES string of the molecule is CC(C)[C@H](N[C@@]1(CO)O[C@H](CO)[C@@H](O)[C@@H]1O)C(=O)N[C@@H](Cc1cnc[nH]1)C(=O)O. The van der Waals surface area contributed by atoms with Gasteiger partial charge in [0.1, 0.15) is 24.4 Å². The number of carboxylic acid groups (broad SMARTS) is 1. The molecule has 1 aromatic rings. The van der Waals surface area contributed by atoms with Crippen molar-refractivity contribution in [1.29, 1.82) is 0 Å². The number of aromatic amines is 1. The highest BCUT2D eigenvalue weighted by Gasteiger charge is 2.55. The number of nitrogens with one attached hydrogen (secondary N) is 3. The number of hydrogen-bond acceptors (Lipinski definition) is 9. The summed E-state index contributed by atoms with van der Waals surface area (Å²) in [5.74, 6) is -2.35. The van der Waals surface area contributed by atoms with Crippen molar-refractivity contribution >= 4 is 11.9 Å². The Morgan fingerprint density at radius 1 is 1.34 bits per heavy atom. The summed E-state index contributed by atoms with van der Waals surface area (Å²) < 4.78 is 5.42. The van der Waals surface area contributed by atoms with E-state index in [0.717, 1.165) is 0 Å². The molecule has 6 atom stereocenters. The number of hydrogen-bond donors (Lipinski definition) is 8. The molecule has 0 aliphatic carbocycles. The zero-order valence-electron chi connectivity index (χ0n) is 16.1. The Kier molecular flexibility index (Phi) is 7.68. The molecule has 1 aromatic heterocycles. The highest BCUT2D eigenvalue weighted by atomic mass is 16.6. The molecule has 1 fully saturated rings. The molecule has 1 amide bonds. The van der Waals surface area contributed by atoms with E-state index < -0.39 is 67.1 Å². The molecule has 0 saturated carbocycles. The lowest BCUT2D eigenvalue weighted by atomic mass is 9.97. The molecule has 2 heterocycles. The third-order valence-corrected chi connectivity index (χ3v) is 4.90. The van der Waals surface area contributed by atoms with Crippen LogP contribution in [0.15, 0.2) is 12.5 Å². The second-order valence-electron chi connectivity index (χ2n) is 7.37. The van der Waals surface area contributed by atoms with Crippen LogP contribution in [0.5, 0.6) is 0 Å². The van der Waals surface area contributed by atoms with Gasteiger partial charge in [0.25, 0.3) is 0 Å². The molecule has 1 saturated heterocycles. The van der Waals surface area contributed by atoms with E-state index >= 15 is 0 Å². The summed E-state index contributed by atoms with van der Waals surface area (Å²) in [6, 6.07) is -2.33. The first-order chi connectivity index (χ1) is 13.6. The van der Waals surface area contributed by atoms with Gasteiger partial charge in [-0.15, -0.1) is 0 Å². The smallest absolute Gasteiger partial charge is 0.326 e. The number of imidazole rings is 1. The van der Waals surface area contributed by atoms with Gasteiger partial charge in [0, 0.05) is 18.3 Å². The van der Waals surface area contributed by atoms with E-state index in [1.807, 2.05) is 0 Å². The highest BCUT2D eigenvalue weighted by Crippen LogP contribution is 2.30. The van der Waals surface area contributed by atoms with Gasteiger partial charge in [-0.25, -0.2) is 9.78 Å². The van der Waals surface area contributed by atoms with Crippen LogP contribution in [0.2, 0.25) is 0 Å². The van der Waals surface area contributed by atoms with Gasteiger partial charge in [-0.3, -0.25) is 10.1 Å². The van der Waals surface area contributed by atoms with Gasteiger partial charge < -0.3 is 40.6 Å². The van der Waals surface area contributed by atoms with Gasteiger partial charge in [0.15, 0.2) is 5.72 Å². The fourth-order valence-corrected chi connectivity index (χ4v) is 3.21. The van der Waals surface area contributed by atoms with Gasteiger partial charge in [0.05, 0.1) is 25.6 Å². The number of aliphatic carboxylic acids is 1. The van der Waals surface area contributed by atoms with Gasteiger partial charge in [0.2, 0.25) is 5.91 Å². The van der Waals surface area contributed by atoms with Crippen LogP contribution in [-0.4, -0.2) is 96.7 Å². The number of aliphatic hydroxyl groups is 4. The maximum Gasteiger partial charge on any atom is 0.326 e. The summed E-state index contributed by atoms with van der Waals surface area (Å²) in [5, 5.41) is 54.0. The van der Waals surface area contributed by atoms with Crippen LogP contribution < -0.4 is 10.6 Å². The summed E-state index contributed by atoms with van der Waals surface area (Å²) >= 11 is 0. The Morgan fingerprint density at radius 3 is 2.48 bits per heavy atom. The van der Waals surface area contributed by atoms with Crippen molar-refractivity contribution in [2.45, 2.75) is 56.4 Å². The van der Waals surface area contributed by atoms with Crippen LogP contribution in [0.3, 0.4) is 0 Å². The van der Waals surface area contributed by atoms with Gasteiger partial charge >= 0.3 is 5.97 Å². The topological polar surface area (TPSA) is 197 Å². The molecule has 1 aliphatic rings. The standard InChI is InChI=1S/C17H28N4O8/c1-8(2)12(21-17(6-23)14(25)13(24)11(5-22)29-17)15(26)20-10(16(27)28)3-9-4-18-7-19-9/h4,7-8,10-14,21-25H,3,5-6H2,1-2H3,(H,18,19)(H,20,26)(H,27,28)/t10-,11+,12-,13+,14-,17-/m0/s1. The van der Waals surface area contributed by atoms with E-state index in [0.29, 0.717) is 5.69 Å². The van der Waals surface area contributed by atoms with Crippen LogP contribution in [0.4, 0.5) is 0 Å². The Bertz CT molecular complexity index is 685. The molecule has 164 valence electrons. The molecule has 0 unspecified atom stereocenters. The summed E-state index contributed by atoms with van der Waals surface area (Å²) in [4.78, 5) is 31.0. The summed E-state index contributed by atoms with van der Waals surface area (Å²) in [7, 11) is 0. The first-order valence-corrected chi connectivity index (χ1v) is 9.19. The largest absolute Gasteiger partial charge is 0.480 e. The number of aliphatic hydroxyl groups excluding tert-OH is 4. The Morgan fingerprint density at radius 2 is 2.03 bits per heavy atom. The molecule has 0 aromatic carbocycles. The zero-order valence-corrected chi connectivity index (χ0v) is 16.1. The Balaban J connectivity index is 2.17. The van der Waals surface area contributed by atoms with Crippen LogP contribution in [0.1, 0.15) is 19.5 Å². The fraction of sp³-hybridized carbons (Fsp3) is 0.706. The van der Waals surface area contributed by atoms with E-state index in [4.69, 9.17) is 4.74 Å². The number of carbonyl (C=O) groups excluding carboxylic acids is 1. The maximum absolute atomic E-state index is 12.8. The highest BCUT2D eigenvalue weighted by molar-refractivity contribution is 5.87. The second-order valence-corrected chi connectivity index (χ2v) is 7.37. The quantitative estimate of drug-likeness (QED) is 0.194. The normalized spacial score (nSPS) is 29.0. The lowest BCUT2D eigenvalue weighted by Gasteiger charge is -2.36. The van der Waals surface area contributed by atoms with Crippen LogP contribution >= 0.6 is 0 Å². The van der Waals surface area contributed by atoms with Crippen molar-refractivity contribution in [2.24, 2.45) is 5.92 Å². The fourth-order valence-electron chi connectivity index (χ4n) is 3.21. The number of ether oxygens (including phenoxy) is 1. The summed E-state index contributed by atoms with van der Waals surface area (Å²) in [5.41, 5.74) is -1.39. The molecule has 0 spiro atoms. The van der Waals surface area contributed by atoms with Crippen molar-refractivity contribution in [2.75, 3.05) is 13.2 Å². The molecular formula is C17H28N4O8. The van der Waals surface area contributed by atoms with E-state index in [1.165, 1.54) is 12.5 Å². The number of carbonyl (C=O) groups is 2. The minimum atomic E-state index is -1.90. The first kappa shape index (κ1) is 23.2. The molecule has 0 radical (unpaired) electrons. The number of carboxylic acids is 1. The molecule has 29 heavy (non-hydrogen) atoms. The van der Waals surface area contributed by atoms with Crippen molar-refractivity contribution in [3.63, 3.8) is 0 Å². The Hall–Kier alpha value is -2.09. The average Bonchev–Trinajstić information content (AvgIpc) is 3.27. The third kappa shape index (κ3) is 5.10. The van der Waals surface area contributed by atoms with Crippen molar-refractivity contribution in [1.82, 2.24) is 20.6 Å². The number of aromatic nitrogens is 2. The molecule has 0 bridgehead atoms. The predicted molar refractivity (Wildman–Crippen MR) is 97.4 cm³/mol. The molecule has 12 nitrogen and oxygen atoms in total. The molecule has 8 N–H and O–H groups in total. The van der Waals surface area contributed by atoms with Crippen molar-refractivity contribution in [3.05, 3.63) is 18.2 Å². The number of nitrogens with zero attached hydrogens (tertiary/aromatic N) is 1. The minimum absolute atomic E-state index is 0.0263. The number of H-pyrrole nitrogens is 1. The predicted octanol–water partition coefficient (Wildman–Crippen LogP) is -3.06. The van der Waals surface area contributed by atoms with E-state index in [-0.39, 0.29) is 6.42 Å². The lowest BCUT2D eigenvalue weighted by molar-refractivity contribution is -0.154. The van der Waals surface area contributed by atoms with Gasteiger partial charge in [-0.05, 0) is 5.92 Å². The van der Waals surface area contributed by atoms with E-state index in [1.54, 1.807) is 13.8 Å². The second kappa shape index (κ2) is 9.61. The van der Waals surface area contributed by atoms with E-state index in [2.05, 4.69) is 20.6 Å². The van der Waals surface area contributed by atoms with Crippen molar-refractivity contribution < 1.29 is 39.9 Å². The molecule has 12 heteroatoms.